The lowest BCUT2D eigenvalue weighted by Gasteiger charge is -2.09. The Bertz CT molecular complexity index is 713. The van der Waals surface area contributed by atoms with Crippen LogP contribution in [0.1, 0.15) is 5.82 Å². The topological polar surface area (TPSA) is 64.0 Å². The van der Waals surface area contributed by atoms with Gasteiger partial charge >= 0.3 is 0 Å². The second-order valence-corrected chi connectivity index (χ2v) is 7.68. The molecule has 0 radical (unpaired) electrons. The van der Waals surface area contributed by atoms with Gasteiger partial charge in [0, 0.05) is 41.4 Å². The largest absolute Gasteiger partial charge is 0.338 e. The van der Waals surface area contributed by atoms with Crippen LogP contribution in [0.25, 0.3) is 0 Å². The van der Waals surface area contributed by atoms with E-state index in [0.29, 0.717) is 21.9 Å². The van der Waals surface area contributed by atoms with Crippen LogP contribution in [0.2, 0.25) is 0 Å². The maximum atomic E-state index is 12.2. The van der Waals surface area contributed by atoms with Gasteiger partial charge in [-0.1, -0.05) is 15.9 Å². The molecule has 1 aromatic carbocycles. The van der Waals surface area contributed by atoms with E-state index in [1.54, 1.807) is 24.4 Å². The van der Waals surface area contributed by atoms with Gasteiger partial charge in [0.05, 0.1) is 4.90 Å². The van der Waals surface area contributed by atoms with E-state index in [1.807, 2.05) is 17.8 Å². The molecule has 0 saturated heterocycles. The molecule has 20 heavy (non-hydrogen) atoms. The number of rotatable bonds is 5. The SMILES string of the molecule is Cn1ccnc1CCNS(=O)(=O)c1cc(Br)ccc1Br. The van der Waals surface area contributed by atoms with E-state index in [4.69, 9.17) is 0 Å². The van der Waals surface area contributed by atoms with Crippen molar-refractivity contribution >= 4 is 41.9 Å². The van der Waals surface area contributed by atoms with Gasteiger partial charge in [0.2, 0.25) is 10.0 Å². The third-order valence-electron chi connectivity index (χ3n) is 2.74. The Balaban J connectivity index is 2.08. The van der Waals surface area contributed by atoms with E-state index in [1.165, 1.54) is 0 Å². The van der Waals surface area contributed by atoms with Crippen LogP contribution in [0.3, 0.4) is 0 Å². The number of hydrogen-bond donors (Lipinski definition) is 1. The van der Waals surface area contributed by atoms with Crippen molar-refractivity contribution in [3.05, 3.63) is 45.4 Å². The number of nitrogens with zero attached hydrogens (tertiary/aromatic N) is 2. The molecule has 5 nitrogen and oxygen atoms in total. The van der Waals surface area contributed by atoms with Crippen molar-refractivity contribution < 1.29 is 8.42 Å². The number of aryl methyl sites for hydroxylation is 1. The summed E-state index contributed by atoms with van der Waals surface area (Å²) in [5.41, 5.74) is 0. The summed E-state index contributed by atoms with van der Waals surface area (Å²) in [4.78, 5) is 4.37. The van der Waals surface area contributed by atoms with Gasteiger partial charge < -0.3 is 4.57 Å². The van der Waals surface area contributed by atoms with Crippen LogP contribution >= 0.6 is 31.9 Å². The number of benzene rings is 1. The average Bonchev–Trinajstić information content (AvgIpc) is 2.78. The van der Waals surface area contributed by atoms with Crippen molar-refractivity contribution in [2.24, 2.45) is 7.05 Å². The zero-order valence-electron chi connectivity index (χ0n) is 10.7. The summed E-state index contributed by atoms with van der Waals surface area (Å²) < 4.78 is 30.1. The highest BCUT2D eigenvalue weighted by Crippen LogP contribution is 2.25. The molecule has 1 aromatic heterocycles. The van der Waals surface area contributed by atoms with Crippen LogP contribution in [0, 0.1) is 0 Å². The van der Waals surface area contributed by atoms with Crippen molar-refractivity contribution in [1.82, 2.24) is 14.3 Å². The van der Waals surface area contributed by atoms with Crippen molar-refractivity contribution in [2.45, 2.75) is 11.3 Å². The Morgan fingerprint density at radius 3 is 2.75 bits per heavy atom. The van der Waals surface area contributed by atoms with Crippen molar-refractivity contribution in [2.75, 3.05) is 6.54 Å². The molecule has 0 amide bonds. The van der Waals surface area contributed by atoms with E-state index in [-0.39, 0.29) is 4.90 Å². The van der Waals surface area contributed by atoms with Gasteiger partial charge in [-0.3, -0.25) is 0 Å². The molecule has 1 heterocycles. The third kappa shape index (κ3) is 3.69. The van der Waals surface area contributed by atoms with Crippen LogP contribution in [-0.2, 0) is 23.5 Å². The van der Waals surface area contributed by atoms with E-state index in [0.717, 1.165) is 5.82 Å². The van der Waals surface area contributed by atoms with Gasteiger partial charge in [0.15, 0.2) is 0 Å². The molecule has 0 aliphatic heterocycles. The van der Waals surface area contributed by atoms with Gasteiger partial charge in [-0.2, -0.15) is 0 Å². The fraction of sp³-hybridized carbons (Fsp3) is 0.250. The highest BCUT2D eigenvalue weighted by atomic mass is 79.9. The van der Waals surface area contributed by atoms with E-state index in [9.17, 15) is 8.42 Å². The lowest BCUT2D eigenvalue weighted by Crippen LogP contribution is -2.27. The standard InChI is InChI=1S/C12H13Br2N3O2S/c1-17-7-6-15-12(17)4-5-16-20(18,19)11-8-9(13)2-3-10(11)14/h2-3,6-8,16H,4-5H2,1H3. The summed E-state index contributed by atoms with van der Waals surface area (Å²) >= 11 is 6.52. The predicted molar refractivity (Wildman–Crippen MR) is 83.9 cm³/mol. The van der Waals surface area contributed by atoms with Gasteiger partial charge in [0.1, 0.15) is 5.82 Å². The summed E-state index contributed by atoms with van der Waals surface area (Å²) in [5, 5.41) is 0. The lowest BCUT2D eigenvalue weighted by molar-refractivity contribution is 0.579. The quantitative estimate of drug-likeness (QED) is 0.804. The second-order valence-electron chi connectivity index (χ2n) is 4.18. The number of halogens is 2. The number of imidazole rings is 1. The monoisotopic (exact) mass is 421 g/mol. The minimum Gasteiger partial charge on any atom is -0.338 e. The fourth-order valence-electron chi connectivity index (χ4n) is 1.70. The minimum atomic E-state index is -3.54. The molecule has 0 fully saturated rings. The molecule has 0 aliphatic carbocycles. The first-order valence-electron chi connectivity index (χ1n) is 5.81. The summed E-state index contributed by atoms with van der Waals surface area (Å²) in [6.45, 7) is 0.298. The van der Waals surface area contributed by atoms with Crippen LogP contribution in [-0.4, -0.2) is 24.5 Å². The molecule has 0 aliphatic rings. The number of hydrogen-bond acceptors (Lipinski definition) is 3. The third-order valence-corrected chi connectivity index (χ3v) is 5.69. The van der Waals surface area contributed by atoms with E-state index < -0.39 is 10.0 Å². The summed E-state index contributed by atoms with van der Waals surface area (Å²) in [5.74, 6) is 0.834. The van der Waals surface area contributed by atoms with Crippen LogP contribution < -0.4 is 4.72 Å². The first-order valence-corrected chi connectivity index (χ1v) is 8.88. The fourth-order valence-corrected chi connectivity index (χ4v) is 4.23. The van der Waals surface area contributed by atoms with E-state index in [2.05, 4.69) is 41.6 Å². The summed E-state index contributed by atoms with van der Waals surface area (Å²) in [7, 11) is -1.67. The molecule has 0 bridgehead atoms. The van der Waals surface area contributed by atoms with E-state index >= 15 is 0 Å². The Kier molecular flexibility index (Phi) is 5.00. The Morgan fingerprint density at radius 2 is 2.10 bits per heavy atom. The first kappa shape index (κ1) is 15.7. The Morgan fingerprint density at radius 1 is 1.35 bits per heavy atom. The van der Waals surface area contributed by atoms with Crippen molar-refractivity contribution in [3.63, 3.8) is 0 Å². The molecule has 2 rings (SSSR count). The molecule has 0 spiro atoms. The molecule has 0 atom stereocenters. The highest BCUT2D eigenvalue weighted by molar-refractivity contribution is 9.11. The number of aromatic nitrogens is 2. The number of nitrogens with one attached hydrogen (secondary N) is 1. The molecule has 108 valence electrons. The van der Waals surface area contributed by atoms with Crippen LogP contribution in [0.5, 0.6) is 0 Å². The zero-order chi connectivity index (χ0) is 14.8. The summed E-state index contributed by atoms with van der Waals surface area (Å²) in [6.07, 6.45) is 4.05. The smallest absolute Gasteiger partial charge is 0.241 e. The Hall–Kier alpha value is -0.700. The molecule has 0 unspecified atom stereocenters. The highest BCUT2D eigenvalue weighted by Gasteiger charge is 2.17. The van der Waals surface area contributed by atoms with Crippen molar-refractivity contribution in [1.29, 1.82) is 0 Å². The maximum Gasteiger partial charge on any atom is 0.241 e. The molecule has 2 aromatic rings. The van der Waals surface area contributed by atoms with Crippen LogP contribution in [0.15, 0.2) is 44.4 Å². The van der Waals surface area contributed by atoms with Gasteiger partial charge in [-0.05, 0) is 34.1 Å². The summed E-state index contributed by atoms with van der Waals surface area (Å²) in [6, 6.07) is 5.03. The van der Waals surface area contributed by atoms with Crippen molar-refractivity contribution in [3.8, 4) is 0 Å². The average molecular weight is 423 g/mol. The molecular weight excluding hydrogens is 410 g/mol. The first-order chi connectivity index (χ1) is 9.40. The Labute approximate surface area is 134 Å². The predicted octanol–water partition coefficient (Wildman–Crippen LogP) is 2.47. The molecular formula is C12H13Br2N3O2S. The molecule has 0 saturated carbocycles. The minimum absolute atomic E-state index is 0.215. The van der Waals surface area contributed by atoms with Gasteiger partial charge in [-0.15, -0.1) is 0 Å². The van der Waals surface area contributed by atoms with Gasteiger partial charge in [-0.25, -0.2) is 18.1 Å². The molecule has 8 heteroatoms. The van der Waals surface area contributed by atoms with Crippen LogP contribution in [0.4, 0.5) is 0 Å². The maximum absolute atomic E-state index is 12.2. The molecule has 1 N–H and O–H groups in total. The normalized spacial score (nSPS) is 11.8. The zero-order valence-corrected chi connectivity index (χ0v) is 14.7. The second kappa shape index (κ2) is 6.38. The van der Waals surface area contributed by atoms with Gasteiger partial charge in [0.25, 0.3) is 0 Å². The number of sulfonamides is 1. The lowest BCUT2D eigenvalue weighted by atomic mass is 10.4.